The van der Waals surface area contributed by atoms with Crippen molar-refractivity contribution in [3.8, 4) is 11.5 Å². The third-order valence-electron chi connectivity index (χ3n) is 2.70. The Morgan fingerprint density at radius 1 is 1.25 bits per heavy atom. The molecule has 0 fully saturated rings. The van der Waals surface area contributed by atoms with Gasteiger partial charge >= 0.3 is 0 Å². The highest BCUT2D eigenvalue weighted by Gasteiger charge is 2.08. The van der Waals surface area contributed by atoms with Crippen molar-refractivity contribution >= 4 is 9.84 Å². The fraction of sp³-hybridized carbons (Fsp3) is 0.571. The van der Waals surface area contributed by atoms with Gasteiger partial charge in [-0.2, -0.15) is 0 Å². The standard InChI is InChI=1S/C14H23NO4S/c1-4-7-15-11-12-5-6-13(14(10-12)18-2)19-8-9-20(3,16)17/h5-6,10,15H,4,7-9,11H2,1-3H3. The Hall–Kier alpha value is -1.27. The van der Waals surface area contributed by atoms with Gasteiger partial charge in [-0.15, -0.1) is 0 Å². The first-order valence-electron chi connectivity index (χ1n) is 6.64. The van der Waals surface area contributed by atoms with Gasteiger partial charge in [0, 0.05) is 12.8 Å². The van der Waals surface area contributed by atoms with Crippen molar-refractivity contribution < 1.29 is 17.9 Å². The van der Waals surface area contributed by atoms with E-state index < -0.39 is 9.84 Å². The van der Waals surface area contributed by atoms with Gasteiger partial charge in [0.1, 0.15) is 6.61 Å². The molecular formula is C14H23NO4S. The zero-order valence-corrected chi connectivity index (χ0v) is 13.1. The second kappa shape index (κ2) is 8.11. The second-order valence-corrected chi connectivity index (χ2v) is 6.90. The van der Waals surface area contributed by atoms with E-state index in [2.05, 4.69) is 12.2 Å². The van der Waals surface area contributed by atoms with E-state index in [1.165, 1.54) is 6.26 Å². The molecule has 0 aromatic heterocycles. The fourth-order valence-electron chi connectivity index (χ4n) is 1.65. The van der Waals surface area contributed by atoms with Gasteiger partial charge in [0.15, 0.2) is 21.3 Å². The molecule has 0 aliphatic rings. The van der Waals surface area contributed by atoms with Crippen molar-refractivity contribution in [1.82, 2.24) is 5.32 Å². The van der Waals surface area contributed by atoms with E-state index in [-0.39, 0.29) is 12.4 Å². The Balaban J connectivity index is 2.63. The van der Waals surface area contributed by atoms with Gasteiger partial charge in [-0.05, 0) is 30.7 Å². The largest absolute Gasteiger partial charge is 0.493 e. The summed E-state index contributed by atoms with van der Waals surface area (Å²) in [4.78, 5) is 0. The highest BCUT2D eigenvalue weighted by molar-refractivity contribution is 7.90. The Bertz CT molecular complexity index is 514. The van der Waals surface area contributed by atoms with Crippen LogP contribution in [0, 0.1) is 0 Å². The molecule has 0 amide bonds. The average Bonchev–Trinajstić information content (AvgIpc) is 2.39. The molecule has 0 bridgehead atoms. The van der Waals surface area contributed by atoms with Gasteiger partial charge in [0.25, 0.3) is 0 Å². The predicted octanol–water partition coefficient (Wildman–Crippen LogP) is 1.62. The minimum Gasteiger partial charge on any atom is -0.493 e. The molecule has 0 radical (unpaired) electrons. The van der Waals surface area contributed by atoms with Crippen LogP contribution < -0.4 is 14.8 Å². The lowest BCUT2D eigenvalue weighted by atomic mass is 10.2. The van der Waals surface area contributed by atoms with E-state index in [0.29, 0.717) is 11.5 Å². The lowest BCUT2D eigenvalue weighted by Gasteiger charge is -2.12. The molecule has 0 aliphatic carbocycles. The van der Waals surface area contributed by atoms with Crippen molar-refractivity contribution in [2.45, 2.75) is 19.9 Å². The van der Waals surface area contributed by atoms with Crippen LogP contribution in [-0.4, -0.2) is 40.7 Å². The van der Waals surface area contributed by atoms with Gasteiger partial charge in [0.05, 0.1) is 12.9 Å². The molecule has 5 nitrogen and oxygen atoms in total. The smallest absolute Gasteiger partial charge is 0.161 e. The van der Waals surface area contributed by atoms with Gasteiger partial charge in [-0.25, -0.2) is 8.42 Å². The van der Waals surface area contributed by atoms with E-state index in [0.717, 1.165) is 25.1 Å². The molecule has 0 saturated heterocycles. The number of methoxy groups -OCH3 is 1. The number of sulfone groups is 1. The summed E-state index contributed by atoms with van der Waals surface area (Å²) in [5.41, 5.74) is 1.10. The van der Waals surface area contributed by atoms with Crippen molar-refractivity contribution in [2.75, 3.05) is 32.3 Å². The van der Waals surface area contributed by atoms with Gasteiger partial charge in [-0.1, -0.05) is 13.0 Å². The van der Waals surface area contributed by atoms with Crippen LogP contribution in [0.15, 0.2) is 18.2 Å². The minimum atomic E-state index is -3.01. The molecule has 1 N–H and O–H groups in total. The molecule has 0 atom stereocenters. The first-order chi connectivity index (χ1) is 9.46. The van der Waals surface area contributed by atoms with Crippen molar-refractivity contribution in [1.29, 1.82) is 0 Å². The number of hydrogen-bond donors (Lipinski definition) is 1. The molecule has 0 spiro atoms. The summed E-state index contributed by atoms with van der Waals surface area (Å²) < 4.78 is 32.8. The highest BCUT2D eigenvalue weighted by Crippen LogP contribution is 2.28. The van der Waals surface area contributed by atoms with Crippen LogP contribution in [0.4, 0.5) is 0 Å². The molecule has 6 heteroatoms. The molecule has 1 aromatic carbocycles. The minimum absolute atomic E-state index is 0.00401. The summed E-state index contributed by atoms with van der Waals surface area (Å²) in [6, 6.07) is 5.66. The van der Waals surface area contributed by atoms with E-state index in [9.17, 15) is 8.42 Å². The topological polar surface area (TPSA) is 64.6 Å². The molecule has 1 rings (SSSR count). The van der Waals surface area contributed by atoms with Crippen LogP contribution in [0.2, 0.25) is 0 Å². The third-order valence-corrected chi connectivity index (χ3v) is 3.60. The van der Waals surface area contributed by atoms with E-state index in [1.54, 1.807) is 7.11 Å². The Kier molecular flexibility index (Phi) is 6.81. The Morgan fingerprint density at radius 3 is 2.60 bits per heavy atom. The zero-order valence-electron chi connectivity index (χ0n) is 12.3. The van der Waals surface area contributed by atoms with Crippen molar-refractivity contribution in [2.24, 2.45) is 0 Å². The summed E-state index contributed by atoms with van der Waals surface area (Å²) in [5, 5.41) is 3.31. The van der Waals surface area contributed by atoms with Crippen LogP contribution in [0.1, 0.15) is 18.9 Å². The van der Waals surface area contributed by atoms with E-state index >= 15 is 0 Å². The van der Waals surface area contributed by atoms with E-state index in [1.807, 2.05) is 18.2 Å². The van der Waals surface area contributed by atoms with Crippen molar-refractivity contribution in [3.63, 3.8) is 0 Å². The molecule has 1 aromatic rings. The number of hydrogen-bond acceptors (Lipinski definition) is 5. The van der Waals surface area contributed by atoms with Crippen LogP contribution in [-0.2, 0) is 16.4 Å². The maximum atomic E-state index is 11.1. The number of benzene rings is 1. The van der Waals surface area contributed by atoms with E-state index in [4.69, 9.17) is 9.47 Å². The first-order valence-corrected chi connectivity index (χ1v) is 8.70. The molecule has 0 unspecified atom stereocenters. The predicted molar refractivity (Wildman–Crippen MR) is 80.2 cm³/mol. The van der Waals surface area contributed by atoms with Gasteiger partial charge in [-0.3, -0.25) is 0 Å². The maximum Gasteiger partial charge on any atom is 0.161 e. The second-order valence-electron chi connectivity index (χ2n) is 4.64. The Labute approximate surface area is 121 Å². The number of nitrogens with one attached hydrogen (secondary N) is 1. The van der Waals surface area contributed by atoms with Crippen LogP contribution in [0.25, 0.3) is 0 Å². The summed E-state index contributed by atoms with van der Waals surface area (Å²) in [5.74, 6) is 1.18. The van der Waals surface area contributed by atoms with Crippen LogP contribution >= 0.6 is 0 Å². The molecule has 0 saturated carbocycles. The number of ether oxygens (including phenoxy) is 2. The quantitative estimate of drug-likeness (QED) is 0.702. The highest BCUT2D eigenvalue weighted by atomic mass is 32.2. The lowest BCUT2D eigenvalue weighted by Crippen LogP contribution is -2.14. The van der Waals surface area contributed by atoms with Crippen LogP contribution in [0.5, 0.6) is 11.5 Å². The van der Waals surface area contributed by atoms with Gasteiger partial charge in [0.2, 0.25) is 0 Å². The van der Waals surface area contributed by atoms with Gasteiger partial charge < -0.3 is 14.8 Å². The summed E-state index contributed by atoms with van der Waals surface area (Å²) in [6.45, 7) is 3.98. The SMILES string of the molecule is CCCNCc1ccc(OCCS(C)(=O)=O)c(OC)c1. The lowest BCUT2D eigenvalue weighted by molar-refractivity contribution is 0.311. The molecule has 0 heterocycles. The first kappa shape index (κ1) is 16.8. The van der Waals surface area contributed by atoms with Crippen molar-refractivity contribution in [3.05, 3.63) is 23.8 Å². The molecule has 0 aliphatic heterocycles. The van der Waals surface area contributed by atoms with Crippen LogP contribution in [0.3, 0.4) is 0 Å². The molecule has 114 valence electrons. The maximum absolute atomic E-state index is 11.1. The third kappa shape index (κ3) is 6.25. The molecule has 20 heavy (non-hydrogen) atoms. The fourth-order valence-corrected chi connectivity index (χ4v) is 2.04. The summed E-state index contributed by atoms with van der Waals surface area (Å²) >= 11 is 0. The average molecular weight is 301 g/mol. The summed E-state index contributed by atoms with van der Waals surface area (Å²) in [7, 11) is -1.44. The normalized spacial score (nSPS) is 11.3. The monoisotopic (exact) mass is 301 g/mol. The number of rotatable bonds is 9. The molecular weight excluding hydrogens is 278 g/mol. The zero-order chi connectivity index (χ0) is 15.0. The Morgan fingerprint density at radius 2 is 2.00 bits per heavy atom. The summed E-state index contributed by atoms with van der Waals surface area (Å²) in [6.07, 6.45) is 2.28.